The predicted octanol–water partition coefficient (Wildman–Crippen LogP) is 2.27. The molecule has 1 atom stereocenters. The fourth-order valence-electron chi connectivity index (χ4n) is 3.10. The van der Waals surface area contributed by atoms with Crippen LogP contribution < -0.4 is 0 Å². The van der Waals surface area contributed by atoms with Gasteiger partial charge in [-0.3, -0.25) is 9.48 Å². The Hall–Kier alpha value is -1.89. The molecule has 3 heterocycles. The Balaban J connectivity index is 1.49. The van der Waals surface area contributed by atoms with Gasteiger partial charge in [-0.05, 0) is 26.2 Å². The van der Waals surface area contributed by atoms with Crippen molar-refractivity contribution in [1.82, 2.24) is 24.8 Å². The molecule has 1 saturated carbocycles. The minimum Gasteiger partial charge on any atom is -0.339 e. The van der Waals surface area contributed by atoms with E-state index in [2.05, 4.69) is 15.2 Å². The maximum absolute atomic E-state index is 12.7. The summed E-state index contributed by atoms with van der Waals surface area (Å²) in [6.45, 7) is 3.04. The Morgan fingerprint density at radius 3 is 2.74 bits per heavy atom. The van der Waals surface area contributed by atoms with E-state index >= 15 is 0 Å². The number of likely N-dealkylation sites (tertiary alicyclic amines) is 1. The number of halogens is 1. The first-order valence-electron chi connectivity index (χ1n) is 7.86. The van der Waals surface area contributed by atoms with E-state index in [-0.39, 0.29) is 11.8 Å². The quantitative estimate of drug-likeness (QED) is 0.860. The molecule has 0 radical (unpaired) electrons. The third kappa shape index (κ3) is 2.52. The van der Waals surface area contributed by atoms with E-state index in [0.717, 1.165) is 25.1 Å². The molecule has 0 spiro atoms. The number of amides is 1. The minimum absolute atomic E-state index is 0.0787. The van der Waals surface area contributed by atoms with Gasteiger partial charge in [0.25, 0.3) is 5.91 Å². The van der Waals surface area contributed by atoms with Gasteiger partial charge >= 0.3 is 0 Å². The van der Waals surface area contributed by atoms with E-state index in [1.54, 1.807) is 18.9 Å². The lowest BCUT2D eigenvalue weighted by Gasteiger charge is -2.15. The lowest BCUT2D eigenvalue weighted by atomic mass is 10.1. The van der Waals surface area contributed by atoms with Crippen molar-refractivity contribution in [2.24, 2.45) is 7.05 Å². The lowest BCUT2D eigenvalue weighted by molar-refractivity contribution is 0.0789. The van der Waals surface area contributed by atoms with Crippen LogP contribution in [0, 0.1) is 6.92 Å². The topological polar surface area (TPSA) is 77.1 Å². The van der Waals surface area contributed by atoms with Crippen LogP contribution in [0.15, 0.2) is 4.52 Å². The van der Waals surface area contributed by atoms with Crippen molar-refractivity contribution in [3.63, 3.8) is 0 Å². The molecule has 1 aliphatic carbocycles. The molecule has 1 unspecified atom stereocenters. The highest BCUT2D eigenvalue weighted by Gasteiger charge is 2.35. The number of hydrogen-bond acceptors (Lipinski definition) is 5. The summed E-state index contributed by atoms with van der Waals surface area (Å²) < 4.78 is 6.92. The van der Waals surface area contributed by atoms with Gasteiger partial charge in [-0.1, -0.05) is 16.8 Å². The molecule has 0 N–H and O–H groups in total. The number of nitrogens with zero attached hydrogens (tertiary/aromatic N) is 5. The summed E-state index contributed by atoms with van der Waals surface area (Å²) in [5.74, 6) is 1.97. The third-order valence-electron chi connectivity index (χ3n) is 4.59. The van der Waals surface area contributed by atoms with E-state index in [1.807, 2.05) is 0 Å². The predicted molar refractivity (Wildman–Crippen MR) is 82.5 cm³/mol. The lowest BCUT2D eigenvalue weighted by Crippen LogP contribution is -2.29. The normalized spacial score (nSPS) is 21.2. The first kappa shape index (κ1) is 14.7. The molecule has 2 fully saturated rings. The average Bonchev–Trinajstić information content (AvgIpc) is 2.97. The molecule has 7 nitrogen and oxygen atoms in total. The summed E-state index contributed by atoms with van der Waals surface area (Å²) in [5, 5.41) is 8.64. The van der Waals surface area contributed by atoms with Gasteiger partial charge in [0.1, 0.15) is 5.15 Å². The van der Waals surface area contributed by atoms with E-state index in [0.29, 0.717) is 41.3 Å². The van der Waals surface area contributed by atoms with Crippen LogP contribution in [-0.2, 0) is 7.05 Å². The molecule has 23 heavy (non-hydrogen) atoms. The SMILES string of the molecule is Cc1nn(C)c(Cl)c1C(=O)N1CCC(c2nc(C3CC3)no2)C1. The van der Waals surface area contributed by atoms with Gasteiger partial charge in [0.2, 0.25) is 5.89 Å². The number of rotatable bonds is 3. The van der Waals surface area contributed by atoms with Crippen molar-refractivity contribution in [2.45, 2.75) is 38.0 Å². The second-order valence-corrected chi connectivity index (χ2v) is 6.73. The molecule has 8 heteroatoms. The zero-order valence-electron chi connectivity index (χ0n) is 13.1. The van der Waals surface area contributed by atoms with Gasteiger partial charge in [0.15, 0.2) is 5.82 Å². The number of aromatic nitrogens is 4. The fourth-order valence-corrected chi connectivity index (χ4v) is 3.35. The van der Waals surface area contributed by atoms with Gasteiger partial charge in [-0.25, -0.2) is 0 Å². The van der Waals surface area contributed by atoms with Gasteiger partial charge < -0.3 is 9.42 Å². The zero-order valence-corrected chi connectivity index (χ0v) is 13.9. The van der Waals surface area contributed by atoms with Gasteiger partial charge in [0.05, 0.1) is 17.2 Å². The molecule has 2 aromatic heterocycles. The highest BCUT2D eigenvalue weighted by atomic mass is 35.5. The molecule has 1 aliphatic heterocycles. The molecule has 1 amide bonds. The second-order valence-electron chi connectivity index (χ2n) is 6.38. The van der Waals surface area contributed by atoms with E-state index in [9.17, 15) is 4.79 Å². The Bertz CT molecular complexity index is 764. The van der Waals surface area contributed by atoms with E-state index in [4.69, 9.17) is 16.1 Å². The third-order valence-corrected chi connectivity index (χ3v) is 5.02. The molecule has 2 aromatic rings. The molecule has 2 aliphatic rings. The molecular formula is C15H18ClN5O2. The molecule has 0 bridgehead atoms. The Labute approximate surface area is 138 Å². The maximum Gasteiger partial charge on any atom is 0.258 e. The fraction of sp³-hybridized carbons (Fsp3) is 0.600. The smallest absolute Gasteiger partial charge is 0.258 e. The second kappa shape index (κ2) is 5.33. The van der Waals surface area contributed by atoms with Crippen LogP contribution in [0.5, 0.6) is 0 Å². The molecule has 1 saturated heterocycles. The van der Waals surface area contributed by atoms with Gasteiger partial charge in [-0.2, -0.15) is 10.1 Å². The molecule has 4 rings (SSSR count). The van der Waals surface area contributed by atoms with Gasteiger partial charge in [0, 0.05) is 26.1 Å². The molecular weight excluding hydrogens is 318 g/mol. The van der Waals surface area contributed by atoms with Crippen LogP contribution in [0.1, 0.15) is 58.9 Å². The number of carbonyl (C=O) groups excluding carboxylic acids is 1. The Kier molecular flexibility index (Phi) is 3.41. The Morgan fingerprint density at radius 2 is 2.09 bits per heavy atom. The van der Waals surface area contributed by atoms with Crippen LogP contribution >= 0.6 is 11.6 Å². The standard InChI is InChI=1S/C15H18ClN5O2/c1-8-11(12(16)20(2)18-8)15(22)21-6-5-10(7-21)14-17-13(19-23-14)9-3-4-9/h9-10H,3-7H2,1-2H3. The van der Waals surface area contributed by atoms with Crippen LogP contribution in [0.4, 0.5) is 0 Å². The summed E-state index contributed by atoms with van der Waals surface area (Å²) >= 11 is 6.20. The van der Waals surface area contributed by atoms with Crippen molar-refractivity contribution >= 4 is 17.5 Å². The van der Waals surface area contributed by atoms with E-state index in [1.165, 1.54) is 4.68 Å². The van der Waals surface area contributed by atoms with Crippen molar-refractivity contribution in [2.75, 3.05) is 13.1 Å². The van der Waals surface area contributed by atoms with Gasteiger partial charge in [-0.15, -0.1) is 0 Å². The summed E-state index contributed by atoms with van der Waals surface area (Å²) in [5.41, 5.74) is 1.14. The van der Waals surface area contributed by atoms with Crippen LogP contribution in [0.25, 0.3) is 0 Å². The van der Waals surface area contributed by atoms with Crippen molar-refractivity contribution < 1.29 is 9.32 Å². The minimum atomic E-state index is -0.0787. The summed E-state index contributed by atoms with van der Waals surface area (Å²) in [6.07, 6.45) is 3.12. The van der Waals surface area contributed by atoms with Crippen molar-refractivity contribution in [3.8, 4) is 0 Å². The summed E-state index contributed by atoms with van der Waals surface area (Å²) in [6, 6.07) is 0. The first-order valence-corrected chi connectivity index (χ1v) is 8.24. The first-order chi connectivity index (χ1) is 11.0. The van der Waals surface area contributed by atoms with Crippen LogP contribution in [-0.4, -0.2) is 43.8 Å². The number of hydrogen-bond donors (Lipinski definition) is 0. The number of aryl methyl sites for hydroxylation is 2. The number of carbonyl (C=O) groups is 1. The highest BCUT2D eigenvalue weighted by Crippen LogP contribution is 2.39. The van der Waals surface area contributed by atoms with Crippen molar-refractivity contribution in [3.05, 3.63) is 28.1 Å². The molecule has 122 valence electrons. The maximum atomic E-state index is 12.7. The summed E-state index contributed by atoms with van der Waals surface area (Å²) in [4.78, 5) is 19.0. The monoisotopic (exact) mass is 335 g/mol. The molecule has 0 aromatic carbocycles. The van der Waals surface area contributed by atoms with Crippen LogP contribution in [0.2, 0.25) is 5.15 Å². The summed E-state index contributed by atoms with van der Waals surface area (Å²) in [7, 11) is 1.73. The van der Waals surface area contributed by atoms with E-state index < -0.39 is 0 Å². The average molecular weight is 336 g/mol. The Morgan fingerprint density at radius 1 is 1.30 bits per heavy atom. The van der Waals surface area contributed by atoms with Crippen LogP contribution in [0.3, 0.4) is 0 Å². The zero-order chi connectivity index (χ0) is 16.1. The van der Waals surface area contributed by atoms with Crippen molar-refractivity contribution in [1.29, 1.82) is 0 Å². The largest absolute Gasteiger partial charge is 0.339 e. The highest BCUT2D eigenvalue weighted by molar-refractivity contribution is 6.33.